The van der Waals surface area contributed by atoms with E-state index >= 15 is 0 Å². The Bertz CT molecular complexity index is 159. The van der Waals surface area contributed by atoms with Crippen molar-refractivity contribution in [2.45, 2.75) is 27.2 Å². The second-order valence-electron chi connectivity index (χ2n) is 3.29. The average molecular weight is 161 g/mol. The van der Waals surface area contributed by atoms with Gasteiger partial charge in [0.25, 0.3) is 0 Å². The monoisotopic (exact) mass is 160 g/mol. The maximum atomic E-state index is 10.7. The number of hydrogen-bond acceptors (Lipinski definition) is 1. The number of allylic oxidation sites excluding steroid dienone is 1. The van der Waals surface area contributed by atoms with Gasteiger partial charge >= 0.3 is 0 Å². The van der Waals surface area contributed by atoms with Crippen molar-refractivity contribution in [3.05, 3.63) is 12.2 Å². The Morgan fingerprint density at radius 2 is 2.00 bits per heavy atom. The van der Waals surface area contributed by atoms with Gasteiger partial charge in [-0.1, -0.05) is 19.4 Å². The Kier molecular flexibility index (Phi) is 3.10. The minimum Gasteiger partial charge on any atom is -0.281 e. The molecule has 0 heterocycles. The molecule has 0 unspecified atom stereocenters. The van der Waals surface area contributed by atoms with Crippen LogP contribution in [0.3, 0.4) is 0 Å². The Labute approximate surface area is 67.1 Å². The van der Waals surface area contributed by atoms with Crippen LogP contribution in [0.25, 0.3) is 0 Å². The summed E-state index contributed by atoms with van der Waals surface area (Å²) in [6.07, 6.45) is 0.662. The van der Waals surface area contributed by atoms with Gasteiger partial charge in [0, 0.05) is 5.41 Å². The van der Waals surface area contributed by atoms with Crippen molar-refractivity contribution >= 4 is 16.8 Å². The molecule has 0 bridgehead atoms. The fourth-order valence-corrected chi connectivity index (χ4v) is 0.891. The van der Waals surface area contributed by atoms with Crippen LogP contribution in [0, 0.1) is 5.41 Å². The zero-order chi connectivity index (χ0) is 8.36. The lowest BCUT2D eigenvalue weighted by Gasteiger charge is -2.18. The Hall–Kier alpha value is -0.300. The minimum atomic E-state index is -0.451. The summed E-state index contributed by atoms with van der Waals surface area (Å²) in [5, 5.41) is -0.296. The molecule has 58 valence electrons. The number of rotatable bonds is 3. The normalized spacial score (nSPS) is 11.2. The molecule has 0 amide bonds. The zero-order valence-electron chi connectivity index (χ0n) is 6.70. The predicted octanol–water partition coefficient (Wildman–Crippen LogP) is 2.74. The molecule has 0 spiro atoms. The molecule has 0 atom stereocenters. The van der Waals surface area contributed by atoms with Gasteiger partial charge < -0.3 is 0 Å². The molecule has 0 aromatic rings. The first kappa shape index (κ1) is 9.70. The summed E-state index contributed by atoms with van der Waals surface area (Å²) >= 11 is 5.33. The maximum absolute atomic E-state index is 10.7. The second-order valence-corrected chi connectivity index (χ2v) is 3.63. The van der Waals surface area contributed by atoms with Gasteiger partial charge in [0.1, 0.15) is 0 Å². The maximum Gasteiger partial charge on any atom is 0.227 e. The zero-order valence-corrected chi connectivity index (χ0v) is 7.46. The standard InChI is InChI=1S/C8H13ClO/c1-6(2)5-8(3,4)7(9)10/h1,5H2,2-4H3. The highest BCUT2D eigenvalue weighted by Gasteiger charge is 2.25. The van der Waals surface area contributed by atoms with Gasteiger partial charge in [0.15, 0.2) is 0 Å². The van der Waals surface area contributed by atoms with Crippen LogP contribution in [0.15, 0.2) is 12.2 Å². The lowest BCUT2D eigenvalue weighted by atomic mass is 9.88. The molecular weight excluding hydrogens is 148 g/mol. The molecular formula is C8H13ClO. The van der Waals surface area contributed by atoms with E-state index in [1.807, 2.05) is 20.8 Å². The topological polar surface area (TPSA) is 17.1 Å². The van der Waals surface area contributed by atoms with Crippen LogP contribution in [-0.2, 0) is 4.79 Å². The molecule has 0 rings (SSSR count). The Morgan fingerprint density at radius 1 is 1.60 bits per heavy atom. The van der Waals surface area contributed by atoms with Crippen molar-refractivity contribution in [3.8, 4) is 0 Å². The Balaban J connectivity index is 4.13. The van der Waals surface area contributed by atoms with E-state index in [1.165, 1.54) is 0 Å². The molecule has 2 heteroatoms. The van der Waals surface area contributed by atoms with E-state index in [-0.39, 0.29) is 5.24 Å². The molecule has 1 nitrogen and oxygen atoms in total. The SMILES string of the molecule is C=C(C)CC(C)(C)C(=O)Cl. The highest BCUT2D eigenvalue weighted by Crippen LogP contribution is 2.26. The number of carbonyl (C=O) groups excluding carboxylic acids is 1. The van der Waals surface area contributed by atoms with Gasteiger partial charge in [-0.3, -0.25) is 4.79 Å². The summed E-state index contributed by atoms with van der Waals surface area (Å²) in [5.74, 6) is 0. The summed E-state index contributed by atoms with van der Waals surface area (Å²) in [7, 11) is 0. The van der Waals surface area contributed by atoms with Gasteiger partial charge in [-0.15, -0.1) is 6.58 Å². The van der Waals surface area contributed by atoms with Gasteiger partial charge in [0.2, 0.25) is 5.24 Å². The van der Waals surface area contributed by atoms with Crippen LogP contribution in [0.2, 0.25) is 0 Å². The van der Waals surface area contributed by atoms with Crippen molar-refractivity contribution in [3.63, 3.8) is 0 Å². The fraction of sp³-hybridized carbons (Fsp3) is 0.625. The number of halogens is 1. The molecule has 0 N–H and O–H groups in total. The van der Waals surface area contributed by atoms with Gasteiger partial charge in [-0.05, 0) is 24.9 Å². The van der Waals surface area contributed by atoms with Crippen LogP contribution in [0.5, 0.6) is 0 Å². The van der Waals surface area contributed by atoms with Crippen LogP contribution < -0.4 is 0 Å². The first-order chi connectivity index (χ1) is 4.36. The van der Waals surface area contributed by atoms with Crippen LogP contribution in [-0.4, -0.2) is 5.24 Å². The molecule has 10 heavy (non-hydrogen) atoms. The van der Waals surface area contributed by atoms with Crippen molar-refractivity contribution in [2.75, 3.05) is 0 Å². The van der Waals surface area contributed by atoms with Crippen LogP contribution >= 0.6 is 11.6 Å². The molecule has 0 saturated heterocycles. The highest BCUT2D eigenvalue weighted by molar-refractivity contribution is 6.64. The Morgan fingerprint density at radius 3 is 2.10 bits per heavy atom. The minimum absolute atomic E-state index is 0.296. The molecule has 0 saturated carbocycles. The molecule has 0 aliphatic rings. The highest BCUT2D eigenvalue weighted by atomic mass is 35.5. The van der Waals surface area contributed by atoms with Gasteiger partial charge in [-0.2, -0.15) is 0 Å². The van der Waals surface area contributed by atoms with E-state index in [2.05, 4.69) is 6.58 Å². The summed E-state index contributed by atoms with van der Waals surface area (Å²) in [6.45, 7) is 9.24. The van der Waals surface area contributed by atoms with E-state index in [4.69, 9.17) is 11.6 Å². The largest absolute Gasteiger partial charge is 0.281 e. The van der Waals surface area contributed by atoms with E-state index < -0.39 is 5.41 Å². The third-order valence-corrected chi connectivity index (χ3v) is 1.79. The second kappa shape index (κ2) is 3.20. The molecule has 0 radical (unpaired) electrons. The van der Waals surface area contributed by atoms with Gasteiger partial charge in [0.05, 0.1) is 0 Å². The van der Waals surface area contributed by atoms with Crippen LogP contribution in [0.1, 0.15) is 27.2 Å². The van der Waals surface area contributed by atoms with E-state index in [1.54, 1.807) is 0 Å². The first-order valence-electron chi connectivity index (χ1n) is 3.20. The molecule has 0 aliphatic heterocycles. The molecule has 0 aromatic heterocycles. The van der Waals surface area contributed by atoms with Crippen molar-refractivity contribution in [1.29, 1.82) is 0 Å². The third-order valence-electron chi connectivity index (χ3n) is 1.28. The third kappa shape index (κ3) is 3.02. The number of carbonyl (C=O) groups is 1. The smallest absolute Gasteiger partial charge is 0.227 e. The quantitative estimate of drug-likeness (QED) is 0.459. The molecule has 0 aromatic carbocycles. The lowest BCUT2D eigenvalue weighted by molar-refractivity contribution is -0.118. The average Bonchev–Trinajstić information content (AvgIpc) is 1.60. The van der Waals surface area contributed by atoms with Crippen LogP contribution in [0.4, 0.5) is 0 Å². The van der Waals surface area contributed by atoms with Crippen molar-refractivity contribution in [2.24, 2.45) is 5.41 Å². The van der Waals surface area contributed by atoms with E-state index in [0.29, 0.717) is 6.42 Å². The van der Waals surface area contributed by atoms with Crippen molar-refractivity contribution in [1.82, 2.24) is 0 Å². The predicted molar refractivity (Wildman–Crippen MR) is 44.1 cm³/mol. The lowest BCUT2D eigenvalue weighted by Crippen LogP contribution is -2.19. The van der Waals surface area contributed by atoms with E-state index in [9.17, 15) is 4.79 Å². The summed E-state index contributed by atoms with van der Waals surface area (Å²) in [6, 6.07) is 0. The van der Waals surface area contributed by atoms with E-state index in [0.717, 1.165) is 5.57 Å². The number of hydrogen-bond donors (Lipinski definition) is 0. The first-order valence-corrected chi connectivity index (χ1v) is 3.58. The summed E-state index contributed by atoms with van der Waals surface area (Å²) < 4.78 is 0. The van der Waals surface area contributed by atoms with Gasteiger partial charge in [-0.25, -0.2) is 0 Å². The molecule has 0 fully saturated rings. The molecule has 0 aliphatic carbocycles. The van der Waals surface area contributed by atoms with Crippen molar-refractivity contribution < 1.29 is 4.79 Å². The summed E-state index contributed by atoms with van der Waals surface area (Å²) in [5.41, 5.74) is 0.534. The fourth-order valence-electron chi connectivity index (χ4n) is 0.824. The summed E-state index contributed by atoms with van der Waals surface area (Å²) in [4.78, 5) is 10.7.